The van der Waals surface area contributed by atoms with Gasteiger partial charge < -0.3 is 10.0 Å². The van der Waals surface area contributed by atoms with Gasteiger partial charge in [-0.05, 0) is 33.1 Å². The molecule has 0 spiro atoms. The first-order valence-electron chi connectivity index (χ1n) is 7.94. The summed E-state index contributed by atoms with van der Waals surface area (Å²) in [6.07, 6.45) is -1.75. The molecule has 1 amide bonds. The minimum absolute atomic E-state index is 0. The SMILES string of the molecule is CC1CCCC(C)N1C(=O)CN1C[C@@H](C(F)(F)F)[C@H](C(=O)O)C1.Cl. The maximum Gasteiger partial charge on any atom is 0.393 e. The molecule has 140 valence electrons. The molecular weight excluding hydrogens is 349 g/mol. The van der Waals surface area contributed by atoms with Crippen molar-refractivity contribution in [3.63, 3.8) is 0 Å². The summed E-state index contributed by atoms with van der Waals surface area (Å²) < 4.78 is 38.9. The highest BCUT2D eigenvalue weighted by molar-refractivity contribution is 5.85. The number of hydrogen-bond acceptors (Lipinski definition) is 3. The average molecular weight is 373 g/mol. The van der Waals surface area contributed by atoms with Crippen molar-refractivity contribution >= 4 is 24.3 Å². The molecule has 0 aromatic carbocycles. The van der Waals surface area contributed by atoms with Gasteiger partial charge in [-0.2, -0.15) is 13.2 Å². The summed E-state index contributed by atoms with van der Waals surface area (Å²) in [5, 5.41) is 9.01. The van der Waals surface area contributed by atoms with Crippen molar-refractivity contribution in [3.8, 4) is 0 Å². The van der Waals surface area contributed by atoms with Crippen molar-refractivity contribution in [1.29, 1.82) is 0 Å². The third-order valence-corrected chi connectivity index (χ3v) is 4.97. The Morgan fingerprint density at radius 3 is 2.08 bits per heavy atom. The monoisotopic (exact) mass is 372 g/mol. The first kappa shape index (κ1) is 21.0. The van der Waals surface area contributed by atoms with Crippen LogP contribution in [0.3, 0.4) is 0 Å². The van der Waals surface area contributed by atoms with Crippen LogP contribution in [0.15, 0.2) is 0 Å². The Morgan fingerprint density at radius 1 is 1.12 bits per heavy atom. The molecule has 2 fully saturated rings. The largest absolute Gasteiger partial charge is 0.481 e. The van der Waals surface area contributed by atoms with Crippen molar-refractivity contribution in [2.24, 2.45) is 11.8 Å². The van der Waals surface area contributed by atoms with E-state index >= 15 is 0 Å². The van der Waals surface area contributed by atoms with Gasteiger partial charge in [0.05, 0.1) is 18.4 Å². The first-order valence-corrected chi connectivity index (χ1v) is 7.94. The quantitative estimate of drug-likeness (QED) is 0.826. The van der Waals surface area contributed by atoms with Crippen LogP contribution in [-0.2, 0) is 9.59 Å². The number of carbonyl (C=O) groups excluding carboxylic acids is 1. The van der Waals surface area contributed by atoms with Crippen LogP contribution in [0.25, 0.3) is 0 Å². The van der Waals surface area contributed by atoms with Crippen LogP contribution >= 0.6 is 12.4 Å². The molecule has 9 heteroatoms. The summed E-state index contributed by atoms with van der Waals surface area (Å²) in [7, 11) is 0. The predicted octanol–water partition coefficient (Wildman–Crippen LogP) is 2.39. The lowest BCUT2D eigenvalue weighted by atomic mass is 9.96. The molecule has 0 bridgehead atoms. The lowest BCUT2D eigenvalue weighted by Gasteiger charge is -2.39. The van der Waals surface area contributed by atoms with Crippen molar-refractivity contribution < 1.29 is 27.9 Å². The smallest absolute Gasteiger partial charge is 0.393 e. The van der Waals surface area contributed by atoms with E-state index in [9.17, 15) is 22.8 Å². The molecule has 0 radical (unpaired) electrons. The van der Waals surface area contributed by atoms with Crippen molar-refractivity contribution in [2.45, 2.75) is 51.4 Å². The number of alkyl halides is 3. The summed E-state index contributed by atoms with van der Waals surface area (Å²) in [5.74, 6) is -5.08. The summed E-state index contributed by atoms with van der Waals surface area (Å²) >= 11 is 0. The summed E-state index contributed by atoms with van der Waals surface area (Å²) in [6, 6.07) is 0.144. The number of rotatable bonds is 3. The molecule has 2 heterocycles. The molecule has 0 saturated carbocycles. The van der Waals surface area contributed by atoms with Gasteiger partial charge in [-0.15, -0.1) is 12.4 Å². The molecule has 0 aromatic heterocycles. The number of aliphatic carboxylic acids is 1. The number of carboxylic acid groups (broad SMARTS) is 1. The lowest BCUT2D eigenvalue weighted by molar-refractivity contribution is -0.188. The van der Waals surface area contributed by atoms with Crippen LogP contribution in [0.2, 0.25) is 0 Å². The zero-order chi connectivity index (χ0) is 17.4. The van der Waals surface area contributed by atoms with E-state index in [1.54, 1.807) is 4.90 Å². The molecule has 2 unspecified atom stereocenters. The number of piperidine rings is 1. The molecule has 4 atom stereocenters. The van der Waals surface area contributed by atoms with Gasteiger partial charge in [-0.3, -0.25) is 14.5 Å². The average Bonchev–Trinajstić information content (AvgIpc) is 2.82. The summed E-state index contributed by atoms with van der Waals surface area (Å²) in [4.78, 5) is 26.6. The number of nitrogens with zero attached hydrogens (tertiary/aromatic N) is 2. The van der Waals surface area contributed by atoms with Gasteiger partial charge in [0.15, 0.2) is 0 Å². The Morgan fingerprint density at radius 2 is 1.67 bits per heavy atom. The number of halogens is 4. The Hall–Kier alpha value is -1.02. The lowest BCUT2D eigenvalue weighted by Crippen LogP contribution is -2.51. The second-order valence-electron chi connectivity index (χ2n) is 6.72. The number of carbonyl (C=O) groups is 2. The van der Waals surface area contributed by atoms with Gasteiger partial charge in [0.2, 0.25) is 5.91 Å². The highest BCUT2D eigenvalue weighted by Crippen LogP contribution is 2.37. The summed E-state index contributed by atoms with van der Waals surface area (Å²) in [5.41, 5.74) is 0. The zero-order valence-electron chi connectivity index (χ0n) is 13.8. The molecule has 2 rings (SSSR count). The number of carboxylic acids is 1. The van der Waals surface area contributed by atoms with E-state index in [1.807, 2.05) is 13.8 Å². The van der Waals surface area contributed by atoms with E-state index in [0.717, 1.165) is 19.3 Å². The molecule has 2 saturated heterocycles. The molecule has 0 aliphatic carbocycles. The molecule has 0 aromatic rings. The highest BCUT2D eigenvalue weighted by Gasteiger charge is 2.52. The second kappa shape index (κ2) is 7.91. The number of hydrogen-bond donors (Lipinski definition) is 1. The van der Waals surface area contributed by atoms with Gasteiger partial charge in [0, 0.05) is 25.2 Å². The minimum Gasteiger partial charge on any atom is -0.481 e. The molecule has 2 aliphatic heterocycles. The molecule has 1 N–H and O–H groups in total. The highest BCUT2D eigenvalue weighted by atomic mass is 35.5. The van der Waals surface area contributed by atoms with Gasteiger partial charge in [0.25, 0.3) is 0 Å². The van der Waals surface area contributed by atoms with Crippen LogP contribution in [0.4, 0.5) is 13.2 Å². The Bertz CT molecular complexity index is 465. The number of likely N-dealkylation sites (tertiary alicyclic amines) is 2. The van der Waals surface area contributed by atoms with Crippen molar-refractivity contribution in [1.82, 2.24) is 9.80 Å². The van der Waals surface area contributed by atoms with Crippen LogP contribution in [0, 0.1) is 11.8 Å². The topological polar surface area (TPSA) is 60.9 Å². The van der Waals surface area contributed by atoms with E-state index < -0.39 is 30.5 Å². The fourth-order valence-corrected chi connectivity index (χ4v) is 3.78. The first-order chi connectivity index (χ1) is 10.6. The minimum atomic E-state index is -4.56. The fourth-order valence-electron chi connectivity index (χ4n) is 3.78. The van der Waals surface area contributed by atoms with Gasteiger partial charge in [0.1, 0.15) is 0 Å². The predicted molar refractivity (Wildman–Crippen MR) is 84.0 cm³/mol. The van der Waals surface area contributed by atoms with Crippen LogP contribution < -0.4 is 0 Å². The summed E-state index contributed by atoms with van der Waals surface area (Å²) in [6.45, 7) is 3.07. The van der Waals surface area contributed by atoms with E-state index in [-0.39, 0.29) is 43.5 Å². The third kappa shape index (κ3) is 4.53. The third-order valence-electron chi connectivity index (χ3n) is 4.97. The molecular formula is C15H24ClF3N2O3. The molecule has 2 aliphatic rings. The fraction of sp³-hybridized carbons (Fsp3) is 0.867. The van der Waals surface area contributed by atoms with Gasteiger partial charge in [-0.25, -0.2) is 0 Å². The Balaban J connectivity index is 0.00000288. The van der Waals surface area contributed by atoms with Gasteiger partial charge >= 0.3 is 12.1 Å². The van der Waals surface area contributed by atoms with E-state index in [0.29, 0.717) is 0 Å². The second-order valence-corrected chi connectivity index (χ2v) is 6.72. The van der Waals surface area contributed by atoms with Crippen molar-refractivity contribution in [2.75, 3.05) is 19.6 Å². The van der Waals surface area contributed by atoms with E-state index in [4.69, 9.17) is 5.11 Å². The normalized spacial score (nSPS) is 31.6. The number of amides is 1. The Kier molecular flexibility index (Phi) is 6.93. The van der Waals surface area contributed by atoms with Crippen LogP contribution in [0.1, 0.15) is 33.1 Å². The Labute approximate surface area is 145 Å². The standard InChI is InChI=1S/C15H23F3N2O3.ClH/c1-9-4-3-5-10(2)20(9)13(21)8-19-6-11(14(22)23)12(7-19)15(16,17)18;/h9-12H,3-8H2,1-2H3,(H,22,23);1H/t9?,10?,11-,12-;/m1./s1. The van der Waals surface area contributed by atoms with E-state index in [2.05, 4.69) is 0 Å². The maximum atomic E-state index is 13.0. The molecule has 5 nitrogen and oxygen atoms in total. The maximum absolute atomic E-state index is 13.0. The van der Waals surface area contributed by atoms with Crippen LogP contribution in [0.5, 0.6) is 0 Å². The zero-order valence-corrected chi connectivity index (χ0v) is 14.6. The molecule has 24 heavy (non-hydrogen) atoms. The van der Waals surface area contributed by atoms with Crippen LogP contribution in [-0.4, -0.2) is 64.7 Å². The van der Waals surface area contributed by atoms with Crippen molar-refractivity contribution in [3.05, 3.63) is 0 Å². The van der Waals surface area contributed by atoms with E-state index in [1.165, 1.54) is 4.90 Å². The van der Waals surface area contributed by atoms with Gasteiger partial charge in [-0.1, -0.05) is 0 Å².